The van der Waals surface area contributed by atoms with E-state index in [0.29, 0.717) is 18.7 Å². The van der Waals surface area contributed by atoms with Gasteiger partial charge >= 0.3 is 0 Å². The Hall–Kier alpha value is -1.34. The van der Waals surface area contributed by atoms with Crippen LogP contribution >= 0.6 is 0 Å². The van der Waals surface area contributed by atoms with Gasteiger partial charge in [0, 0.05) is 12.2 Å². The summed E-state index contributed by atoms with van der Waals surface area (Å²) in [7, 11) is -3.66. The standard InChI is InChI=1S/C9H15N3O3S/c1-3-6-10-16(14,15)12-9-8(13)5-4-7(2)11-9/h4-5,10,13H,3,6H2,1-2H3,(H,11,12). The molecule has 0 saturated heterocycles. The second-order valence-corrected chi connectivity index (χ2v) is 4.82. The number of aromatic hydroxyl groups is 1. The third-order valence-corrected chi connectivity index (χ3v) is 2.83. The van der Waals surface area contributed by atoms with Crippen LogP contribution in [0.15, 0.2) is 12.1 Å². The summed E-state index contributed by atoms with van der Waals surface area (Å²) in [6.45, 7) is 3.89. The van der Waals surface area contributed by atoms with Gasteiger partial charge in [0.25, 0.3) is 10.2 Å². The lowest BCUT2D eigenvalue weighted by Crippen LogP contribution is -2.31. The third-order valence-electron chi connectivity index (χ3n) is 1.79. The molecule has 0 atom stereocenters. The predicted octanol–water partition coefficient (Wildman–Crippen LogP) is 0.752. The quantitative estimate of drug-likeness (QED) is 0.714. The van der Waals surface area contributed by atoms with E-state index < -0.39 is 10.2 Å². The van der Waals surface area contributed by atoms with Crippen LogP contribution in [-0.2, 0) is 10.2 Å². The maximum Gasteiger partial charge on any atom is 0.300 e. The molecule has 1 aromatic heterocycles. The Morgan fingerprint density at radius 2 is 2.12 bits per heavy atom. The third kappa shape index (κ3) is 3.67. The molecule has 16 heavy (non-hydrogen) atoms. The maximum absolute atomic E-state index is 11.4. The van der Waals surface area contributed by atoms with Crippen molar-refractivity contribution in [1.82, 2.24) is 9.71 Å². The molecule has 3 N–H and O–H groups in total. The lowest BCUT2D eigenvalue weighted by atomic mass is 10.3. The van der Waals surface area contributed by atoms with Gasteiger partial charge in [0.2, 0.25) is 0 Å². The number of hydrogen-bond donors (Lipinski definition) is 3. The van der Waals surface area contributed by atoms with Crippen molar-refractivity contribution in [2.24, 2.45) is 0 Å². The highest BCUT2D eigenvalue weighted by Crippen LogP contribution is 2.20. The average molecular weight is 245 g/mol. The zero-order chi connectivity index (χ0) is 12.2. The molecule has 7 heteroatoms. The van der Waals surface area contributed by atoms with E-state index in [-0.39, 0.29) is 11.6 Å². The molecule has 90 valence electrons. The first-order chi connectivity index (χ1) is 7.44. The summed E-state index contributed by atoms with van der Waals surface area (Å²) in [4.78, 5) is 3.89. The van der Waals surface area contributed by atoms with Crippen molar-refractivity contribution in [2.75, 3.05) is 11.3 Å². The van der Waals surface area contributed by atoms with Crippen molar-refractivity contribution in [2.45, 2.75) is 20.3 Å². The monoisotopic (exact) mass is 245 g/mol. The minimum atomic E-state index is -3.66. The molecule has 0 unspecified atom stereocenters. The first kappa shape index (κ1) is 12.7. The van der Waals surface area contributed by atoms with Gasteiger partial charge in [-0.25, -0.2) is 4.98 Å². The molecule has 0 aliphatic heterocycles. The van der Waals surface area contributed by atoms with Crippen molar-refractivity contribution < 1.29 is 13.5 Å². The largest absolute Gasteiger partial charge is 0.504 e. The van der Waals surface area contributed by atoms with Crippen molar-refractivity contribution >= 4 is 16.0 Å². The van der Waals surface area contributed by atoms with Gasteiger partial charge in [0.15, 0.2) is 11.6 Å². The highest BCUT2D eigenvalue weighted by molar-refractivity contribution is 7.90. The van der Waals surface area contributed by atoms with E-state index in [2.05, 4.69) is 14.4 Å². The van der Waals surface area contributed by atoms with Crippen LogP contribution in [0.25, 0.3) is 0 Å². The van der Waals surface area contributed by atoms with Gasteiger partial charge < -0.3 is 5.11 Å². The van der Waals surface area contributed by atoms with Crippen molar-refractivity contribution in [1.29, 1.82) is 0 Å². The second kappa shape index (κ2) is 5.13. The summed E-state index contributed by atoms with van der Waals surface area (Å²) in [5.41, 5.74) is 0.617. The lowest BCUT2D eigenvalue weighted by molar-refractivity contribution is 0.475. The number of anilines is 1. The zero-order valence-electron chi connectivity index (χ0n) is 9.19. The summed E-state index contributed by atoms with van der Waals surface area (Å²) < 4.78 is 27.4. The molecule has 0 radical (unpaired) electrons. The SMILES string of the molecule is CCCNS(=O)(=O)Nc1nc(C)ccc1O. The van der Waals surface area contributed by atoms with Crippen LogP contribution in [0, 0.1) is 6.92 Å². The van der Waals surface area contributed by atoms with Crippen LogP contribution in [0.4, 0.5) is 5.82 Å². The van der Waals surface area contributed by atoms with E-state index in [4.69, 9.17) is 0 Å². The van der Waals surface area contributed by atoms with Crippen LogP contribution in [0.5, 0.6) is 5.75 Å². The summed E-state index contributed by atoms with van der Waals surface area (Å²) in [5.74, 6) is -0.268. The van der Waals surface area contributed by atoms with E-state index in [1.165, 1.54) is 6.07 Å². The molecular weight excluding hydrogens is 230 g/mol. The summed E-state index contributed by atoms with van der Waals surface area (Å²) in [6, 6.07) is 2.98. The fourth-order valence-corrected chi connectivity index (χ4v) is 1.97. The van der Waals surface area contributed by atoms with Gasteiger partial charge in [0.1, 0.15) is 0 Å². The maximum atomic E-state index is 11.4. The Morgan fingerprint density at radius 1 is 1.44 bits per heavy atom. The Kier molecular flexibility index (Phi) is 4.08. The van der Waals surface area contributed by atoms with Gasteiger partial charge in [-0.05, 0) is 25.5 Å². The number of nitrogens with one attached hydrogen (secondary N) is 2. The van der Waals surface area contributed by atoms with Crippen molar-refractivity contribution in [3.05, 3.63) is 17.8 Å². The number of aryl methyl sites for hydroxylation is 1. The van der Waals surface area contributed by atoms with E-state index >= 15 is 0 Å². The molecule has 1 rings (SSSR count). The molecule has 0 saturated carbocycles. The van der Waals surface area contributed by atoms with E-state index in [9.17, 15) is 13.5 Å². The minimum absolute atomic E-state index is 0.0661. The van der Waals surface area contributed by atoms with Gasteiger partial charge in [-0.1, -0.05) is 6.92 Å². The Balaban J connectivity index is 2.83. The number of nitrogens with zero attached hydrogens (tertiary/aromatic N) is 1. The van der Waals surface area contributed by atoms with Crippen molar-refractivity contribution in [3.8, 4) is 5.75 Å². The molecule has 1 aromatic rings. The highest BCUT2D eigenvalue weighted by Gasteiger charge is 2.12. The molecule has 0 aliphatic rings. The molecular formula is C9H15N3O3S. The van der Waals surface area contributed by atoms with E-state index in [1.807, 2.05) is 6.92 Å². The van der Waals surface area contributed by atoms with Crippen LogP contribution in [0.2, 0.25) is 0 Å². The van der Waals surface area contributed by atoms with E-state index in [0.717, 1.165) is 0 Å². The van der Waals surface area contributed by atoms with Crippen LogP contribution in [-0.4, -0.2) is 25.1 Å². The molecule has 0 aromatic carbocycles. The van der Waals surface area contributed by atoms with Gasteiger partial charge in [-0.2, -0.15) is 13.1 Å². The molecule has 0 fully saturated rings. The van der Waals surface area contributed by atoms with Gasteiger partial charge in [-0.3, -0.25) is 4.72 Å². The molecule has 0 spiro atoms. The fourth-order valence-electron chi connectivity index (χ4n) is 1.02. The van der Waals surface area contributed by atoms with Crippen LogP contribution in [0.1, 0.15) is 19.0 Å². The lowest BCUT2D eigenvalue weighted by Gasteiger charge is -2.09. The number of aromatic nitrogens is 1. The van der Waals surface area contributed by atoms with Crippen LogP contribution in [0.3, 0.4) is 0 Å². The topological polar surface area (TPSA) is 91.3 Å². The van der Waals surface area contributed by atoms with Gasteiger partial charge in [-0.15, -0.1) is 0 Å². The second-order valence-electron chi connectivity index (χ2n) is 3.32. The molecule has 6 nitrogen and oxygen atoms in total. The Bertz CT molecular complexity index is 459. The fraction of sp³-hybridized carbons (Fsp3) is 0.444. The summed E-state index contributed by atoms with van der Waals surface area (Å²) in [5, 5.41) is 9.41. The molecule has 0 amide bonds. The first-order valence-electron chi connectivity index (χ1n) is 4.88. The highest BCUT2D eigenvalue weighted by atomic mass is 32.2. The first-order valence-corrected chi connectivity index (χ1v) is 6.37. The number of pyridine rings is 1. The van der Waals surface area contributed by atoms with Crippen LogP contribution < -0.4 is 9.44 Å². The summed E-state index contributed by atoms with van der Waals surface area (Å²) >= 11 is 0. The van der Waals surface area contributed by atoms with E-state index in [1.54, 1.807) is 13.0 Å². The Labute approximate surface area is 94.9 Å². The normalized spacial score (nSPS) is 11.4. The molecule has 1 heterocycles. The smallest absolute Gasteiger partial charge is 0.300 e. The molecule has 0 aliphatic carbocycles. The number of hydrogen-bond acceptors (Lipinski definition) is 4. The van der Waals surface area contributed by atoms with Gasteiger partial charge in [0.05, 0.1) is 0 Å². The predicted molar refractivity (Wildman–Crippen MR) is 61.5 cm³/mol. The zero-order valence-corrected chi connectivity index (χ0v) is 10.0. The average Bonchev–Trinajstić information content (AvgIpc) is 2.20. The molecule has 0 bridgehead atoms. The Morgan fingerprint density at radius 3 is 2.75 bits per heavy atom. The minimum Gasteiger partial charge on any atom is -0.504 e. The summed E-state index contributed by atoms with van der Waals surface area (Å²) in [6.07, 6.45) is 0.689. The van der Waals surface area contributed by atoms with Crippen molar-refractivity contribution in [3.63, 3.8) is 0 Å². The number of rotatable bonds is 5.